The predicted molar refractivity (Wildman–Crippen MR) is 81.7 cm³/mol. The highest BCUT2D eigenvalue weighted by atomic mass is 16.5. The van der Waals surface area contributed by atoms with Crippen LogP contribution in [0.25, 0.3) is 0 Å². The highest BCUT2D eigenvalue weighted by molar-refractivity contribution is 5.60. The minimum atomic E-state index is 0.523. The van der Waals surface area contributed by atoms with Crippen LogP contribution >= 0.6 is 0 Å². The number of hydrogen-bond acceptors (Lipinski definition) is 6. The fourth-order valence-electron chi connectivity index (χ4n) is 2.07. The summed E-state index contributed by atoms with van der Waals surface area (Å²) in [5.41, 5.74) is 2.26. The third-order valence-electron chi connectivity index (χ3n) is 3.17. The molecule has 6 heteroatoms. The van der Waals surface area contributed by atoms with E-state index in [2.05, 4.69) is 41.5 Å². The molecule has 0 saturated heterocycles. The van der Waals surface area contributed by atoms with Gasteiger partial charge in [-0.2, -0.15) is 0 Å². The number of aryl methyl sites for hydroxylation is 1. The standard InChI is InChI=1S/C15H22N4O2/c1-4-19(13-8-6-5-7-12(13)2)15-18-17-14(21-15)11-16-9-10-20-3/h5-8,16H,4,9-11H2,1-3H3. The van der Waals surface area contributed by atoms with E-state index in [1.54, 1.807) is 7.11 Å². The average Bonchev–Trinajstić information content (AvgIpc) is 2.95. The van der Waals surface area contributed by atoms with Gasteiger partial charge >= 0.3 is 6.01 Å². The van der Waals surface area contributed by atoms with Gasteiger partial charge in [0.15, 0.2) is 0 Å². The molecule has 0 aliphatic heterocycles. The molecule has 0 aliphatic carbocycles. The van der Waals surface area contributed by atoms with Crippen LogP contribution < -0.4 is 10.2 Å². The SMILES string of the molecule is CCN(c1nnc(CNCCOC)o1)c1ccccc1C. The van der Waals surface area contributed by atoms with Crippen LogP contribution in [0.4, 0.5) is 11.7 Å². The Morgan fingerprint density at radius 1 is 1.29 bits per heavy atom. The van der Waals surface area contributed by atoms with Crippen LogP contribution in [0.3, 0.4) is 0 Å². The number of nitrogens with zero attached hydrogens (tertiary/aromatic N) is 3. The molecule has 0 unspecified atom stereocenters. The zero-order valence-electron chi connectivity index (χ0n) is 12.8. The van der Waals surface area contributed by atoms with Crippen molar-refractivity contribution in [3.8, 4) is 0 Å². The van der Waals surface area contributed by atoms with Crippen molar-refractivity contribution in [1.82, 2.24) is 15.5 Å². The van der Waals surface area contributed by atoms with Crippen LogP contribution in [-0.4, -0.2) is 37.0 Å². The fourth-order valence-corrected chi connectivity index (χ4v) is 2.07. The summed E-state index contributed by atoms with van der Waals surface area (Å²) in [7, 11) is 1.67. The first kappa shape index (κ1) is 15.5. The molecule has 1 aromatic heterocycles. The Kier molecular flexibility index (Phi) is 5.71. The number of anilines is 2. The second-order valence-electron chi connectivity index (χ2n) is 4.68. The number of para-hydroxylation sites is 1. The molecule has 0 aliphatic rings. The van der Waals surface area contributed by atoms with Crippen molar-refractivity contribution < 1.29 is 9.15 Å². The van der Waals surface area contributed by atoms with E-state index in [1.165, 1.54) is 5.56 Å². The van der Waals surface area contributed by atoms with Gasteiger partial charge in [0, 0.05) is 25.9 Å². The quantitative estimate of drug-likeness (QED) is 0.752. The maximum Gasteiger partial charge on any atom is 0.322 e. The number of nitrogens with one attached hydrogen (secondary N) is 1. The first-order chi connectivity index (χ1) is 10.3. The van der Waals surface area contributed by atoms with E-state index in [4.69, 9.17) is 9.15 Å². The van der Waals surface area contributed by atoms with Gasteiger partial charge in [-0.05, 0) is 25.5 Å². The van der Waals surface area contributed by atoms with E-state index in [-0.39, 0.29) is 0 Å². The van der Waals surface area contributed by atoms with E-state index in [0.717, 1.165) is 18.8 Å². The zero-order valence-corrected chi connectivity index (χ0v) is 12.8. The van der Waals surface area contributed by atoms with Gasteiger partial charge in [0.2, 0.25) is 5.89 Å². The van der Waals surface area contributed by atoms with Gasteiger partial charge in [-0.15, -0.1) is 5.10 Å². The number of hydrogen-bond donors (Lipinski definition) is 1. The van der Waals surface area contributed by atoms with E-state index >= 15 is 0 Å². The molecule has 0 amide bonds. The van der Waals surface area contributed by atoms with Crippen LogP contribution in [0.2, 0.25) is 0 Å². The van der Waals surface area contributed by atoms with Crippen molar-refractivity contribution in [3.63, 3.8) is 0 Å². The van der Waals surface area contributed by atoms with Crippen LogP contribution in [0.15, 0.2) is 28.7 Å². The molecule has 1 aromatic carbocycles. The summed E-state index contributed by atoms with van der Waals surface area (Å²) < 4.78 is 10.7. The Bertz CT molecular complexity index is 556. The summed E-state index contributed by atoms with van der Waals surface area (Å²) in [4.78, 5) is 2.01. The van der Waals surface area contributed by atoms with E-state index in [9.17, 15) is 0 Å². The molecule has 0 saturated carbocycles. The molecule has 1 heterocycles. The minimum absolute atomic E-state index is 0.523. The highest BCUT2D eigenvalue weighted by Gasteiger charge is 2.16. The van der Waals surface area contributed by atoms with E-state index < -0.39 is 0 Å². The third-order valence-corrected chi connectivity index (χ3v) is 3.17. The van der Waals surface area contributed by atoms with Crippen LogP contribution in [0.1, 0.15) is 18.4 Å². The number of aromatic nitrogens is 2. The molecule has 0 radical (unpaired) electrons. The van der Waals surface area contributed by atoms with E-state index in [0.29, 0.717) is 25.1 Å². The third kappa shape index (κ3) is 4.03. The molecule has 0 bridgehead atoms. The molecule has 2 aromatic rings. The Balaban J connectivity index is 2.06. The van der Waals surface area contributed by atoms with Gasteiger partial charge < -0.3 is 14.5 Å². The molecular weight excluding hydrogens is 268 g/mol. The normalized spacial score (nSPS) is 10.8. The van der Waals surface area contributed by atoms with Crippen molar-refractivity contribution >= 4 is 11.7 Å². The summed E-state index contributed by atoms with van der Waals surface area (Å²) >= 11 is 0. The molecular formula is C15H22N4O2. The Morgan fingerprint density at radius 3 is 2.81 bits per heavy atom. The lowest BCUT2D eigenvalue weighted by molar-refractivity contribution is 0.198. The summed E-state index contributed by atoms with van der Waals surface area (Å²) in [6.07, 6.45) is 0. The van der Waals surface area contributed by atoms with Gasteiger partial charge in [-0.3, -0.25) is 4.90 Å². The Labute approximate surface area is 125 Å². The van der Waals surface area contributed by atoms with Crippen LogP contribution in [0, 0.1) is 6.92 Å². The highest BCUT2D eigenvalue weighted by Crippen LogP contribution is 2.26. The number of benzene rings is 1. The van der Waals surface area contributed by atoms with Gasteiger partial charge in [0.05, 0.1) is 13.2 Å². The predicted octanol–water partition coefficient (Wildman–Crippen LogP) is 2.27. The van der Waals surface area contributed by atoms with Crippen LogP contribution in [-0.2, 0) is 11.3 Å². The summed E-state index contributed by atoms with van der Waals surface area (Å²) in [5.74, 6) is 0.577. The molecule has 2 rings (SSSR count). The lowest BCUT2D eigenvalue weighted by atomic mass is 10.2. The van der Waals surface area contributed by atoms with Crippen molar-refractivity contribution in [2.75, 3.05) is 31.7 Å². The largest absolute Gasteiger partial charge is 0.406 e. The molecule has 0 spiro atoms. The first-order valence-electron chi connectivity index (χ1n) is 7.11. The van der Waals surface area contributed by atoms with Gasteiger partial charge in [-0.25, -0.2) is 0 Å². The molecule has 6 nitrogen and oxygen atoms in total. The smallest absolute Gasteiger partial charge is 0.322 e. The van der Waals surface area contributed by atoms with Crippen molar-refractivity contribution in [2.24, 2.45) is 0 Å². The van der Waals surface area contributed by atoms with Crippen molar-refractivity contribution in [2.45, 2.75) is 20.4 Å². The molecule has 0 atom stereocenters. The van der Waals surface area contributed by atoms with Crippen molar-refractivity contribution in [1.29, 1.82) is 0 Å². The maximum atomic E-state index is 5.73. The van der Waals surface area contributed by atoms with Crippen molar-refractivity contribution in [3.05, 3.63) is 35.7 Å². The number of ether oxygens (including phenoxy) is 1. The average molecular weight is 290 g/mol. The molecule has 0 fully saturated rings. The zero-order chi connectivity index (χ0) is 15.1. The fraction of sp³-hybridized carbons (Fsp3) is 0.467. The second kappa shape index (κ2) is 7.75. The lowest BCUT2D eigenvalue weighted by Gasteiger charge is -2.19. The number of methoxy groups -OCH3 is 1. The topological polar surface area (TPSA) is 63.4 Å². The molecule has 1 N–H and O–H groups in total. The lowest BCUT2D eigenvalue weighted by Crippen LogP contribution is -2.18. The second-order valence-corrected chi connectivity index (χ2v) is 4.68. The van der Waals surface area contributed by atoms with E-state index in [1.807, 2.05) is 17.0 Å². The summed E-state index contributed by atoms with van der Waals surface area (Å²) in [6.45, 7) is 6.86. The van der Waals surface area contributed by atoms with Crippen LogP contribution in [0.5, 0.6) is 0 Å². The van der Waals surface area contributed by atoms with Gasteiger partial charge in [0.1, 0.15) is 0 Å². The monoisotopic (exact) mass is 290 g/mol. The van der Waals surface area contributed by atoms with Gasteiger partial charge in [-0.1, -0.05) is 23.3 Å². The van der Waals surface area contributed by atoms with Gasteiger partial charge in [0.25, 0.3) is 0 Å². The Morgan fingerprint density at radius 2 is 2.10 bits per heavy atom. The minimum Gasteiger partial charge on any atom is -0.406 e. The number of rotatable bonds is 8. The maximum absolute atomic E-state index is 5.73. The first-order valence-corrected chi connectivity index (χ1v) is 7.11. The summed E-state index contributed by atoms with van der Waals surface area (Å²) in [6, 6.07) is 8.68. The molecule has 21 heavy (non-hydrogen) atoms. The molecule has 114 valence electrons. The summed E-state index contributed by atoms with van der Waals surface area (Å²) in [5, 5.41) is 11.4. The Hall–Kier alpha value is -1.92.